The average Bonchev–Trinajstić information content (AvgIpc) is 2.85. The lowest BCUT2D eigenvalue weighted by molar-refractivity contribution is 0.837. The molecule has 0 bridgehead atoms. The maximum absolute atomic E-state index is 5.82. The SMILES string of the molecule is CCN(Cc1cccs1)c1nc(Cl)cs1. The molecule has 0 saturated carbocycles. The van der Waals surface area contributed by atoms with Crippen molar-refractivity contribution in [3.63, 3.8) is 0 Å². The summed E-state index contributed by atoms with van der Waals surface area (Å²) < 4.78 is 0. The first kappa shape index (κ1) is 10.9. The van der Waals surface area contributed by atoms with Gasteiger partial charge in [-0.3, -0.25) is 0 Å². The third-order valence-corrected chi connectivity index (χ3v) is 4.13. The zero-order chi connectivity index (χ0) is 10.7. The summed E-state index contributed by atoms with van der Waals surface area (Å²) in [5.74, 6) is 0. The van der Waals surface area contributed by atoms with E-state index < -0.39 is 0 Å². The summed E-state index contributed by atoms with van der Waals surface area (Å²) in [6.45, 7) is 3.99. The highest BCUT2D eigenvalue weighted by Crippen LogP contribution is 2.25. The van der Waals surface area contributed by atoms with Crippen LogP contribution in [0.15, 0.2) is 22.9 Å². The molecule has 2 heterocycles. The minimum Gasteiger partial charge on any atom is -0.343 e. The van der Waals surface area contributed by atoms with Crippen LogP contribution in [0.2, 0.25) is 5.15 Å². The summed E-state index contributed by atoms with van der Waals surface area (Å²) in [5.41, 5.74) is 0. The van der Waals surface area contributed by atoms with E-state index >= 15 is 0 Å². The van der Waals surface area contributed by atoms with Crippen molar-refractivity contribution in [2.45, 2.75) is 13.5 Å². The zero-order valence-electron chi connectivity index (χ0n) is 8.31. The standard InChI is InChI=1S/C10H11ClN2S2/c1-2-13(6-8-4-3-5-14-8)10-12-9(11)7-15-10/h3-5,7H,2,6H2,1H3. The number of nitrogens with zero attached hydrogens (tertiary/aromatic N) is 2. The summed E-state index contributed by atoms with van der Waals surface area (Å²) >= 11 is 9.18. The molecule has 0 unspecified atom stereocenters. The number of hydrogen-bond donors (Lipinski definition) is 0. The van der Waals surface area contributed by atoms with Crippen molar-refractivity contribution in [2.75, 3.05) is 11.4 Å². The van der Waals surface area contributed by atoms with Gasteiger partial charge in [-0.25, -0.2) is 4.98 Å². The van der Waals surface area contributed by atoms with Gasteiger partial charge in [0.05, 0.1) is 6.54 Å². The first-order valence-electron chi connectivity index (χ1n) is 4.68. The Morgan fingerprint density at radius 1 is 1.47 bits per heavy atom. The molecule has 0 spiro atoms. The maximum Gasteiger partial charge on any atom is 0.187 e. The van der Waals surface area contributed by atoms with Crippen molar-refractivity contribution in [1.29, 1.82) is 0 Å². The molecule has 0 aliphatic rings. The van der Waals surface area contributed by atoms with Crippen molar-refractivity contribution >= 4 is 39.4 Å². The molecule has 0 amide bonds. The van der Waals surface area contributed by atoms with E-state index in [2.05, 4.69) is 34.3 Å². The highest BCUT2D eigenvalue weighted by molar-refractivity contribution is 7.14. The van der Waals surface area contributed by atoms with Gasteiger partial charge in [0.15, 0.2) is 5.13 Å². The quantitative estimate of drug-likeness (QED) is 0.827. The molecule has 0 aliphatic heterocycles. The number of halogens is 1. The van der Waals surface area contributed by atoms with Crippen molar-refractivity contribution in [2.24, 2.45) is 0 Å². The predicted molar refractivity (Wildman–Crippen MR) is 68.2 cm³/mol. The lowest BCUT2D eigenvalue weighted by Gasteiger charge is -2.18. The number of rotatable bonds is 4. The van der Waals surface area contributed by atoms with Gasteiger partial charge in [-0.15, -0.1) is 22.7 Å². The number of thiazole rings is 1. The number of aromatic nitrogens is 1. The van der Waals surface area contributed by atoms with Gasteiger partial charge < -0.3 is 4.90 Å². The van der Waals surface area contributed by atoms with E-state index in [9.17, 15) is 0 Å². The molecule has 2 aromatic heterocycles. The molecule has 0 atom stereocenters. The van der Waals surface area contributed by atoms with Gasteiger partial charge in [0, 0.05) is 16.8 Å². The van der Waals surface area contributed by atoms with Crippen molar-refractivity contribution in [3.8, 4) is 0 Å². The van der Waals surface area contributed by atoms with Crippen LogP contribution < -0.4 is 4.90 Å². The van der Waals surface area contributed by atoms with Crippen molar-refractivity contribution < 1.29 is 0 Å². The molecular weight excluding hydrogens is 248 g/mol. The molecular formula is C10H11ClN2S2. The Morgan fingerprint density at radius 2 is 2.33 bits per heavy atom. The minimum absolute atomic E-state index is 0.583. The van der Waals surface area contributed by atoms with Gasteiger partial charge >= 0.3 is 0 Å². The molecule has 0 aliphatic carbocycles. The zero-order valence-corrected chi connectivity index (χ0v) is 10.7. The summed E-state index contributed by atoms with van der Waals surface area (Å²) in [4.78, 5) is 7.85. The number of hydrogen-bond acceptors (Lipinski definition) is 4. The summed E-state index contributed by atoms with van der Waals surface area (Å²) in [6, 6.07) is 4.21. The van der Waals surface area contributed by atoms with Gasteiger partial charge in [0.2, 0.25) is 0 Å². The summed E-state index contributed by atoms with van der Waals surface area (Å²) in [6.07, 6.45) is 0. The maximum atomic E-state index is 5.82. The van der Waals surface area contributed by atoms with Gasteiger partial charge in [-0.2, -0.15) is 0 Å². The lowest BCUT2D eigenvalue weighted by Crippen LogP contribution is -2.21. The van der Waals surface area contributed by atoms with Crippen LogP contribution in [-0.2, 0) is 6.54 Å². The van der Waals surface area contributed by atoms with Gasteiger partial charge in [0.1, 0.15) is 5.15 Å². The van der Waals surface area contributed by atoms with E-state index in [0.717, 1.165) is 18.2 Å². The summed E-state index contributed by atoms with van der Waals surface area (Å²) in [5, 5.41) is 5.54. The second-order valence-electron chi connectivity index (χ2n) is 3.05. The molecule has 2 nitrogen and oxygen atoms in total. The Kier molecular flexibility index (Phi) is 3.61. The van der Waals surface area contributed by atoms with Gasteiger partial charge in [-0.1, -0.05) is 17.7 Å². The first-order chi connectivity index (χ1) is 7.29. The monoisotopic (exact) mass is 258 g/mol. The van der Waals surface area contributed by atoms with E-state index in [-0.39, 0.29) is 0 Å². The highest BCUT2D eigenvalue weighted by Gasteiger charge is 2.09. The Labute approximate surface area is 102 Å². The van der Waals surface area contributed by atoms with E-state index in [1.165, 1.54) is 4.88 Å². The van der Waals surface area contributed by atoms with Crippen LogP contribution in [-0.4, -0.2) is 11.5 Å². The van der Waals surface area contributed by atoms with E-state index in [1.54, 1.807) is 22.7 Å². The Morgan fingerprint density at radius 3 is 2.87 bits per heavy atom. The average molecular weight is 259 g/mol. The van der Waals surface area contributed by atoms with E-state index in [1.807, 2.05) is 5.38 Å². The second kappa shape index (κ2) is 4.96. The molecule has 2 aromatic rings. The van der Waals surface area contributed by atoms with Crippen molar-refractivity contribution in [3.05, 3.63) is 32.9 Å². The molecule has 0 N–H and O–H groups in total. The second-order valence-corrected chi connectivity index (χ2v) is 5.30. The van der Waals surface area contributed by atoms with Crippen LogP contribution >= 0.6 is 34.3 Å². The van der Waals surface area contributed by atoms with E-state index in [0.29, 0.717) is 5.15 Å². The van der Waals surface area contributed by atoms with Crippen LogP contribution in [0.4, 0.5) is 5.13 Å². The highest BCUT2D eigenvalue weighted by atomic mass is 35.5. The Bertz CT molecular complexity index is 411. The van der Waals surface area contributed by atoms with Gasteiger partial charge in [-0.05, 0) is 18.4 Å². The summed E-state index contributed by atoms with van der Waals surface area (Å²) in [7, 11) is 0. The normalized spacial score (nSPS) is 10.5. The molecule has 80 valence electrons. The molecule has 0 radical (unpaired) electrons. The number of anilines is 1. The largest absolute Gasteiger partial charge is 0.343 e. The lowest BCUT2D eigenvalue weighted by atomic mass is 10.4. The molecule has 0 saturated heterocycles. The topological polar surface area (TPSA) is 16.1 Å². The smallest absolute Gasteiger partial charge is 0.187 e. The molecule has 0 fully saturated rings. The fourth-order valence-corrected chi connectivity index (χ4v) is 3.03. The fourth-order valence-electron chi connectivity index (χ4n) is 1.30. The first-order valence-corrected chi connectivity index (χ1v) is 6.81. The number of thiophene rings is 1. The molecule has 0 aromatic carbocycles. The third-order valence-electron chi connectivity index (χ3n) is 2.04. The Hall–Kier alpha value is -0.580. The minimum atomic E-state index is 0.583. The fraction of sp³-hybridized carbons (Fsp3) is 0.300. The predicted octanol–water partition coefficient (Wildman–Crippen LogP) is 3.88. The molecule has 5 heteroatoms. The van der Waals surface area contributed by atoms with Gasteiger partial charge in [0.25, 0.3) is 0 Å². The van der Waals surface area contributed by atoms with Crippen LogP contribution in [0.5, 0.6) is 0 Å². The van der Waals surface area contributed by atoms with Crippen LogP contribution in [0.3, 0.4) is 0 Å². The van der Waals surface area contributed by atoms with Crippen LogP contribution in [0.1, 0.15) is 11.8 Å². The van der Waals surface area contributed by atoms with Crippen molar-refractivity contribution in [1.82, 2.24) is 4.98 Å². The Balaban J connectivity index is 2.11. The molecule has 15 heavy (non-hydrogen) atoms. The van der Waals surface area contributed by atoms with Crippen LogP contribution in [0, 0.1) is 0 Å². The third kappa shape index (κ3) is 2.71. The van der Waals surface area contributed by atoms with Crippen LogP contribution in [0.25, 0.3) is 0 Å². The molecule has 2 rings (SSSR count). The van der Waals surface area contributed by atoms with E-state index in [4.69, 9.17) is 11.6 Å².